The van der Waals surface area contributed by atoms with Crippen molar-refractivity contribution in [1.29, 1.82) is 0 Å². The molecular weight excluding hydrogens is 632 g/mol. The van der Waals surface area contributed by atoms with Crippen LogP contribution in [-0.4, -0.2) is 39.3 Å². The summed E-state index contributed by atoms with van der Waals surface area (Å²) in [5.74, 6) is 0.445. The van der Waals surface area contributed by atoms with Crippen molar-refractivity contribution >= 4 is 22.6 Å². The molecular formula is C29H33Cl4N2O3Zn-. The largest absolute Gasteiger partial charge is 2.00 e. The van der Waals surface area contributed by atoms with E-state index in [4.69, 9.17) is 9.15 Å². The SMILES string of the molecule is CCN(CC)c1ccc2c(-c3ccccc3C(=O)OC)c3ccc(=[N+](CC)CC)cc-3oc2c1.[Cl-].[Cl-].[Cl-].[Cl-].[Zn+2]. The number of hydrogen-bond acceptors (Lipinski definition) is 4. The number of halogens is 4. The number of nitrogens with zero attached hydrogens (tertiary/aromatic N) is 2. The fourth-order valence-electron chi connectivity index (χ4n) is 4.72. The number of esters is 1. The Morgan fingerprint density at radius 3 is 2.08 bits per heavy atom. The van der Waals surface area contributed by atoms with E-state index < -0.39 is 0 Å². The van der Waals surface area contributed by atoms with Crippen molar-refractivity contribution in [3.05, 3.63) is 71.6 Å². The van der Waals surface area contributed by atoms with Crippen molar-refractivity contribution in [2.45, 2.75) is 27.7 Å². The van der Waals surface area contributed by atoms with Gasteiger partial charge in [-0.1, -0.05) is 18.2 Å². The quantitative estimate of drug-likeness (QED) is 0.0855. The van der Waals surface area contributed by atoms with Crippen molar-refractivity contribution in [2.24, 2.45) is 0 Å². The zero-order valence-corrected chi connectivity index (χ0v) is 28.9. The number of hydrogen-bond donors (Lipinski definition) is 0. The average molecular weight is 665 g/mol. The molecule has 0 aromatic heterocycles. The molecule has 5 nitrogen and oxygen atoms in total. The minimum atomic E-state index is -0.350. The van der Waals surface area contributed by atoms with Gasteiger partial charge in [0.1, 0.15) is 24.4 Å². The third kappa shape index (κ3) is 7.89. The molecule has 39 heavy (non-hydrogen) atoms. The van der Waals surface area contributed by atoms with Crippen LogP contribution < -0.4 is 64.5 Å². The molecule has 2 aromatic carbocycles. The Bertz CT molecular complexity index is 1380. The second-order valence-electron chi connectivity index (χ2n) is 8.22. The summed E-state index contributed by atoms with van der Waals surface area (Å²) in [4.78, 5) is 15.0. The van der Waals surface area contributed by atoms with Gasteiger partial charge in [-0.15, -0.1) is 0 Å². The van der Waals surface area contributed by atoms with Gasteiger partial charge in [-0.05, 0) is 57.5 Å². The summed E-state index contributed by atoms with van der Waals surface area (Å²) >= 11 is 0. The van der Waals surface area contributed by atoms with E-state index in [0.717, 1.165) is 70.6 Å². The third-order valence-corrected chi connectivity index (χ3v) is 6.55. The first-order chi connectivity index (χ1) is 16.6. The molecule has 0 fully saturated rings. The minimum Gasteiger partial charge on any atom is -1.00 e. The van der Waals surface area contributed by atoms with Crippen LogP contribution in [0.4, 0.5) is 5.69 Å². The number of anilines is 1. The van der Waals surface area contributed by atoms with E-state index in [1.54, 1.807) is 0 Å². The summed E-state index contributed by atoms with van der Waals surface area (Å²) in [6.07, 6.45) is 0. The molecule has 0 amide bonds. The molecule has 1 aliphatic carbocycles. The smallest absolute Gasteiger partial charge is 1.00 e. The molecule has 0 atom stereocenters. The van der Waals surface area contributed by atoms with Crippen LogP contribution in [0.15, 0.2) is 65.1 Å². The molecule has 0 bridgehead atoms. The Morgan fingerprint density at radius 2 is 1.49 bits per heavy atom. The van der Waals surface area contributed by atoms with Gasteiger partial charge in [0.15, 0.2) is 0 Å². The zero-order chi connectivity index (χ0) is 24.2. The van der Waals surface area contributed by atoms with Crippen LogP contribution >= 0.6 is 0 Å². The van der Waals surface area contributed by atoms with Gasteiger partial charge in [-0.2, -0.15) is 0 Å². The Balaban J connectivity index is 0. The first kappa shape index (κ1) is 39.3. The van der Waals surface area contributed by atoms with Crippen LogP contribution in [0.5, 0.6) is 0 Å². The topological polar surface area (TPSA) is 45.7 Å². The number of methoxy groups -OCH3 is 1. The third-order valence-electron chi connectivity index (χ3n) is 6.55. The fraction of sp³-hybridized carbons (Fsp3) is 0.310. The molecule has 1 heterocycles. The van der Waals surface area contributed by atoms with E-state index in [9.17, 15) is 4.79 Å². The predicted octanol–water partition coefficient (Wildman–Crippen LogP) is -6.34. The molecule has 0 radical (unpaired) electrons. The van der Waals surface area contributed by atoms with Gasteiger partial charge >= 0.3 is 25.4 Å². The molecule has 208 valence electrons. The Kier molecular flexibility index (Phi) is 17.9. The molecule has 0 N–H and O–H groups in total. The first-order valence-electron chi connectivity index (χ1n) is 12.1. The maximum absolute atomic E-state index is 12.7. The average Bonchev–Trinajstić information content (AvgIpc) is 2.88. The number of rotatable bonds is 7. The standard InChI is InChI=1S/C29H33N2O3.4ClH.Zn/c1-6-30(7-2)20-14-16-24-26(18-20)34-27-19-21(31(8-3)9-4)15-17-25(27)28(24)22-12-10-11-13-23(22)29(32)33-5;;;;;/h10-19H,6-9H2,1-5H3;4*1H;/q+1;;;;;+2/p-4. The molecule has 0 unspecified atom stereocenters. The number of benzene rings is 3. The maximum atomic E-state index is 12.7. The summed E-state index contributed by atoms with van der Waals surface area (Å²) in [5.41, 5.74) is 5.24. The van der Waals surface area contributed by atoms with Gasteiger partial charge in [-0.3, -0.25) is 0 Å². The molecule has 0 spiro atoms. The summed E-state index contributed by atoms with van der Waals surface area (Å²) < 4.78 is 13.9. The van der Waals surface area contributed by atoms with Gasteiger partial charge in [0.05, 0.1) is 18.7 Å². The second-order valence-corrected chi connectivity index (χ2v) is 8.22. The fourth-order valence-corrected chi connectivity index (χ4v) is 4.72. The van der Waals surface area contributed by atoms with E-state index in [-0.39, 0.29) is 75.1 Å². The second kappa shape index (κ2) is 17.8. The van der Waals surface area contributed by atoms with Crippen LogP contribution in [0.1, 0.15) is 38.1 Å². The Labute approximate surface area is 268 Å². The summed E-state index contributed by atoms with van der Waals surface area (Å²) in [6.45, 7) is 12.3. The molecule has 10 heteroatoms. The monoisotopic (exact) mass is 661 g/mol. The van der Waals surface area contributed by atoms with Crippen LogP contribution in [-0.2, 0) is 24.2 Å². The van der Waals surface area contributed by atoms with Crippen LogP contribution in [0.3, 0.4) is 0 Å². The molecule has 2 aliphatic rings. The number of fused-ring (bicyclic) bond motifs is 2. The van der Waals surface area contributed by atoms with E-state index in [0.29, 0.717) is 5.56 Å². The van der Waals surface area contributed by atoms with E-state index in [1.807, 2.05) is 24.3 Å². The normalized spacial score (nSPS) is 9.67. The minimum absolute atomic E-state index is 0. The van der Waals surface area contributed by atoms with Crippen LogP contribution in [0.25, 0.3) is 33.4 Å². The van der Waals surface area contributed by atoms with Crippen molar-refractivity contribution in [3.63, 3.8) is 0 Å². The van der Waals surface area contributed by atoms with Crippen LogP contribution in [0.2, 0.25) is 0 Å². The number of carbonyl (C=O) groups excluding carboxylic acids is 1. The molecule has 1 aliphatic heterocycles. The number of carbonyl (C=O) groups is 1. The van der Waals surface area contributed by atoms with Gasteiger partial charge in [0.25, 0.3) is 0 Å². The first-order valence-corrected chi connectivity index (χ1v) is 12.1. The van der Waals surface area contributed by atoms with Crippen molar-refractivity contribution in [1.82, 2.24) is 4.58 Å². The van der Waals surface area contributed by atoms with E-state index >= 15 is 0 Å². The van der Waals surface area contributed by atoms with Crippen LogP contribution in [0, 0.1) is 0 Å². The van der Waals surface area contributed by atoms with Gasteiger partial charge in [-0.25, -0.2) is 9.37 Å². The summed E-state index contributed by atoms with van der Waals surface area (Å²) in [7, 11) is 1.42. The van der Waals surface area contributed by atoms with Gasteiger partial charge in [0.2, 0.25) is 5.36 Å². The summed E-state index contributed by atoms with van der Waals surface area (Å²) in [6, 6.07) is 20.3. The molecule has 0 saturated heterocycles. The van der Waals surface area contributed by atoms with Crippen molar-refractivity contribution < 1.29 is 83.1 Å². The molecule has 0 saturated carbocycles. The van der Waals surface area contributed by atoms with Crippen molar-refractivity contribution in [3.8, 4) is 22.5 Å². The number of ether oxygens (including phenoxy) is 1. The van der Waals surface area contributed by atoms with E-state index in [1.165, 1.54) is 7.11 Å². The van der Waals surface area contributed by atoms with E-state index in [2.05, 4.69) is 73.6 Å². The maximum Gasteiger partial charge on any atom is 2.00 e. The predicted molar refractivity (Wildman–Crippen MR) is 140 cm³/mol. The molecule has 2 aromatic rings. The Morgan fingerprint density at radius 1 is 0.846 bits per heavy atom. The van der Waals surface area contributed by atoms with Gasteiger partial charge in [0, 0.05) is 47.4 Å². The van der Waals surface area contributed by atoms with Gasteiger partial charge < -0.3 is 63.7 Å². The molecule has 4 rings (SSSR count). The Hall–Kier alpha value is -1.82. The summed E-state index contributed by atoms with van der Waals surface area (Å²) in [5, 5.41) is 2.09. The zero-order valence-electron chi connectivity index (χ0n) is 22.9. The van der Waals surface area contributed by atoms with Crippen molar-refractivity contribution in [2.75, 3.05) is 38.2 Å².